The summed E-state index contributed by atoms with van der Waals surface area (Å²) in [6.45, 7) is 2.12. The van der Waals surface area contributed by atoms with Crippen molar-refractivity contribution in [1.29, 1.82) is 0 Å². The highest BCUT2D eigenvalue weighted by Crippen LogP contribution is 2.17. The van der Waals surface area contributed by atoms with Crippen molar-refractivity contribution >= 4 is 27.7 Å². The second-order valence-electron chi connectivity index (χ2n) is 6.43. The molecule has 0 spiro atoms. The molecule has 27 heavy (non-hydrogen) atoms. The topological polar surface area (TPSA) is 92.7 Å². The lowest BCUT2D eigenvalue weighted by Crippen LogP contribution is -2.38. The number of carbonyl (C=O) groups is 1. The van der Waals surface area contributed by atoms with Gasteiger partial charge in [-0.1, -0.05) is 35.5 Å². The van der Waals surface area contributed by atoms with Gasteiger partial charge < -0.3 is 10.3 Å². The average molecular weight is 361 g/mol. The second kappa shape index (κ2) is 7.03. The number of fused-ring (bicyclic) bond motifs is 2. The van der Waals surface area contributed by atoms with Crippen molar-refractivity contribution in [3.8, 4) is 0 Å². The van der Waals surface area contributed by atoms with Crippen molar-refractivity contribution in [2.45, 2.75) is 19.4 Å². The van der Waals surface area contributed by atoms with Crippen LogP contribution in [0.15, 0.2) is 59.5 Å². The van der Waals surface area contributed by atoms with Gasteiger partial charge in [-0.25, -0.2) is 0 Å². The predicted molar refractivity (Wildman–Crippen MR) is 104 cm³/mol. The molecule has 2 aromatic heterocycles. The summed E-state index contributed by atoms with van der Waals surface area (Å²) >= 11 is 0. The van der Waals surface area contributed by atoms with Crippen molar-refractivity contribution < 1.29 is 4.79 Å². The predicted octanol–water partition coefficient (Wildman–Crippen LogP) is 2.19. The van der Waals surface area contributed by atoms with Crippen LogP contribution in [0, 0.1) is 0 Å². The summed E-state index contributed by atoms with van der Waals surface area (Å²) in [5.41, 5.74) is 2.41. The number of nitrogens with zero attached hydrogens (tertiary/aromatic N) is 3. The zero-order chi connectivity index (χ0) is 18.8. The van der Waals surface area contributed by atoms with Crippen molar-refractivity contribution in [1.82, 2.24) is 25.3 Å². The van der Waals surface area contributed by atoms with Gasteiger partial charge in [-0.3, -0.25) is 9.59 Å². The van der Waals surface area contributed by atoms with Gasteiger partial charge in [0, 0.05) is 23.6 Å². The Morgan fingerprint density at radius 3 is 2.74 bits per heavy atom. The van der Waals surface area contributed by atoms with Gasteiger partial charge in [-0.05, 0) is 37.1 Å². The first kappa shape index (κ1) is 17.0. The van der Waals surface area contributed by atoms with Gasteiger partial charge in [0.1, 0.15) is 11.6 Å². The monoisotopic (exact) mass is 361 g/mol. The molecular formula is C20H19N5O2. The number of benzene rings is 2. The molecule has 0 radical (unpaired) electrons. The second-order valence-corrected chi connectivity index (χ2v) is 6.43. The SMILES string of the molecule is CC(C(=O)NCCc1c[nH]c2ccccc12)n1nnc2ccccc2c1=O. The van der Waals surface area contributed by atoms with Gasteiger partial charge in [0.25, 0.3) is 5.56 Å². The van der Waals surface area contributed by atoms with Crippen molar-refractivity contribution in [2.75, 3.05) is 6.54 Å². The molecule has 1 atom stereocenters. The first-order valence-corrected chi connectivity index (χ1v) is 8.82. The number of aromatic nitrogens is 4. The summed E-state index contributed by atoms with van der Waals surface area (Å²) in [4.78, 5) is 28.3. The van der Waals surface area contributed by atoms with E-state index >= 15 is 0 Å². The minimum atomic E-state index is -0.738. The number of para-hydroxylation sites is 1. The Labute approximate surface area is 155 Å². The van der Waals surface area contributed by atoms with Crippen LogP contribution in [0.2, 0.25) is 0 Å². The molecular weight excluding hydrogens is 342 g/mol. The largest absolute Gasteiger partial charge is 0.361 e. The minimum absolute atomic E-state index is 0.262. The van der Waals surface area contributed by atoms with Crippen LogP contribution in [0.3, 0.4) is 0 Å². The Hall–Kier alpha value is -3.48. The van der Waals surface area contributed by atoms with E-state index in [2.05, 4.69) is 26.7 Å². The van der Waals surface area contributed by atoms with Crippen LogP contribution in [0.4, 0.5) is 0 Å². The number of amides is 1. The van der Waals surface area contributed by atoms with E-state index in [9.17, 15) is 9.59 Å². The quantitative estimate of drug-likeness (QED) is 0.570. The van der Waals surface area contributed by atoms with E-state index in [0.29, 0.717) is 23.9 Å². The minimum Gasteiger partial charge on any atom is -0.361 e. The lowest BCUT2D eigenvalue weighted by atomic mass is 10.1. The molecule has 0 saturated heterocycles. The Morgan fingerprint density at radius 1 is 1.15 bits per heavy atom. The molecule has 0 saturated carbocycles. The third kappa shape index (κ3) is 3.19. The molecule has 136 valence electrons. The van der Waals surface area contributed by atoms with Crippen LogP contribution < -0.4 is 10.9 Å². The van der Waals surface area contributed by atoms with Crippen LogP contribution in [-0.4, -0.2) is 32.4 Å². The van der Waals surface area contributed by atoms with Crippen molar-refractivity contribution in [3.05, 3.63) is 70.6 Å². The summed E-state index contributed by atoms with van der Waals surface area (Å²) < 4.78 is 1.13. The molecule has 0 fully saturated rings. The molecule has 1 amide bonds. The highest BCUT2D eigenvalue weighted by molar-refractivity contribution is 5.83. The number of hydrogen-bond donors (Lipinski definition) is 2. The van der Waals surface area contributed by atoms with Crippen molar-refractivity contribution in [2.24, 2.45) is 0 Å². The van der Waals surface area contributed by atoms with Gasteiger partial charge in [0.15, 0.2) is 0 Å². The summed E-state index contributed by atoms with van der Waals surface area (Å²) in [6, 6.07) is 14.3. The van der Waals surface area contributed by atoms with Gasteiger partial charge in [0.05, 0.1) is 5.39 Å². The van der Waals surface area contributed by atoms with Crippen LogP contribution in [0.25, 0.3) is 21.8 Å². The summed E-state index contributed by atoms with van der Waals surface area (Å²) in [5, 5.41) is 12.4. The fourth-order valence-electron chi connectivity index (χ4n) is 3.17. The third-order valence-corrected chi connectivity index (χ3v) is 4.71. The first-order valence-electron chi connectivity index (χ1n) is 8.82. The molecule has 0 bridgehead atoms. The summed E-state index contributed by atoms with van der Waals surface area (Å²) in [6.07, 6.45) is 2.65. The maximum absolute atomic E-state index is 12.6. The van der Waals surface area contributed by atoms with E-state index in [1.54, 1.807) is 31.2 Å². The van der Waals surface area contributed by atoms with E-state index in [1.807, 2.05) is 24.4 Å². The lowest BCUT2D eigenvalue weighted by molar-refractivity contribution is -0.124. The molecule has 2 aromatic carbocycles. The molecule has 0 aliphatic rings. The number of aromatic amines is 1. The Balaban J connectivity index is 1.45. The van der Waals surface area contributed by atoms with E-state index in [0.717, 1.165) is 21.1 Å². The number of carbonyl (C=O) groups excluding carboxylic acids is 1. The van der Waals surface area contributed by atoms with Gasteiger partial charge in [-0.15, -0.1) is 5.10 Å². The molecule has 2 N–H and O–H groups in total. The highest BCUT2D eigenvalue weighted by atomic mass is 16.2. The fraction of sp³-hybridized carbons (Fsp3) is 0.200. The molecule has 1 unspecified atom stereocenters. The molecule has 0 aliphatic carbocycles. The number of rotatable bonds is 5. The molecule has 4 aromatic rings. The van der Waals surface area contributed by atoms with Crippen LogP contribution in [0.1, 0.15) is 18.5 Å². The van der Waals surface area contributed by atoms with Crippen LogP contribution in [-0.2, 0) is 11.2 Å². The Morgan fingerprint density at radius 2 is 1.89 bits per heavy atom. The zero-order valence-corrected chi connectivity index (χ0v) is 14.8. The normalized spacial score (nSPS) is 12.3. The average Bonchev–Trinajstić information content (AvgIpc) is 3.11. The smallest absolute Gasteiger partial charge is 0.278 e. The molecule has 2 heterocycles. The fourth-order valence-corrected chi connectivity index (χ4v) is 3.17. The van der Waals surface area contributed by atoms with Gasteiger partial charge in [0.2, 0.25) is 5.91 Å². The number of nitrogens with one attached hydrogen (secondary N) is 2. The van der Waals surface area contributed by atoms with Gasteiger partial charge >= 0.3 is 0 Å². The van der Waals surface area contributed by atoms with E-state index in [1.165, 1.54) is 0 Å². The van der Waals surface area contributed by atoms with Crippen LogP contribution in [0.5, 0.6) is 0 Å². The maximum Gasteiger partial charge on any atom is 0.278 e. The van der Waals surface area contributed by atoms with E-state index in [-0.39, 0.29) is 11.5 Å². The molecule has 7 heteroatoms. The lowest BCUT2D eigenvalue weighted by Gasteiger charge is -2.13. The van der Waals surface area contributed by atoms with Gasteiger partial charge in [-0.2, -0.15) is 4.68 Å². The van der Waals surface area contributed by atoms with E-state index in [4.69, 9.17) is 0 Å². The Bertz CT molecular complexity index is 1180. The molecule has 7 nitrogen and oxygen atoms in total. The summed E-state index contributed by atoms with van der Waals surface area (Å²) in [5.74, 6) is -0.262. The maximum atomic E-state index is 12.6. The Kier molecular flexibility index (Phi) is 4.42. The first-order chi connectivity index (χ1) is 13.1. The summed E-state index contributed by atoms with van der Waals surface area (Å²) in [7, 11) is 0. The zero-order valence-electron chi connectivity index (χ0n) is 14.8. The molecule has 4 rings (SSSR count). The third-order valence-electron chi connectivity index (χ3n) is 4.71. The standard InChI is InChI=1S/C20H19N5O2/c1-13(25-20(27)16-7-3-5-9-18(16)23-24-25)19(26)21-11-10-14-12-22-17-8-4-2-6-15(14)17/h2-9,12-13,22H,10-11H2,1H3,(H,21,26). The van der Waals surface area contributed by atoms with E-state index < -0.39 is 6.04 Å². The number of H-pyrrole nitrogens is 1. The van der Waals surface area contributed by atoms with Crippen molar-refractivity contribution in [3.63, 3.8) is 0 Å². The number of hydrogen-bond acceptors (Lipinski definition) is 4. The highest BCUT2D eigenvalue weighted by Gasteiger charge is 2.18. The molecule has 0 aliphatic heterocycles. The van der Waals surface area contributed by atoms with Crippen LogP contribution >= 0.6 is 0 Å².